The summed E-state index contributed by atoms with van der Waals surface area (Å²) in [5, 5.41) is 9.82. The Morgan fingerprint density at radius 1 is 1.41 bits per heavy atom. The van der Waals surface area contributed by atoms with Gasteiger partial charge in [-0.25, -0.2) is 5.01 Å². The van der Waals surface area contributed by atoms with Gasteiger partial charge in [0.1, 0.15) is 6.29 Å². The van der Waals surface area contributed by atoms with Gasteiger partial charge in [-0.3, -0.25) is 4.79 Å². The molecule has 0 saturated carbocycles. The number of anilines is 1. The molecule has 0 aliphatic carbocycles. The lowest BCUT2D eigenvalue weighted by Crippen LogP contribution is -2.07. The molecule has 90 valence electrons. The Labute approximate surface area is 102 Å². The molecule has 0 radical (unpaired) electrons. The number of hydrogen-bond acceptors (Lipinski definition) is 3. The van der Waals surface area contributed by atoms with E-state index in [9.17, 15) is 4.79 Å². The van der Waals surface area contributed by atoms with Gasteiger partial charge >= 0.3 is 0 Å². The van der Waals surface area contributed by atoms with E-state index in [0.29, 0.717) is 5.56 Å². The largest absolute Gasteiger partial charge is 0.298 e. The Morgan fingerprint density at radius 3 is 2.53 bits per heavy atom. The van der Waals surface area contributed by atoms with E-state index in [2.05, 4.69) is 23.8 Å². The van der Waals surface area contributed by atoms with Crippen LogP contribution in [0.5, 0.6) is 0 Å². The van der Waals surface area contributed by atoms with E-state index < -0.39 is 0 Å². The first-order valence-corrected chi connectivity index (χ1v) is 5.59. The third-order valence-corrected chi connectivity index (χ3v) is 2.40. The van der Waals surface area contributed by atoms with Gasteiger partial charge in [0.25, 0.3) is 0 Å². The fraction of sp³-hybridized carbons (Fsp3) is 0.308. The van der Waals surface area contributed by atoms with Crippen LogP contribution in [-0.4, -0.2) is 12.3 Å². The molecule has 0 spiro atoms. The fourth-order valence-electron chi connectivity index (χ4n) is 1.12. The van der Waals surface area contributed by atoms with E-state index in [0.717, 1.165) is 18.4 Å². The molecule has 1 atom stereocenters. The molecule has 0 amide bonds. The van der Waals surface area contributed by atoms with E-state index in [1.54, 1.807) is 35.5 Å². The molecule has 1 unspecified atom stereocenters. The molecular formula is C13H17N3O. The quantitative estimate of drug-likeness (QED) is 0.426. The molecule has 0 aliphatic heterocycles. The van der Waals surface area contributed by atoms with E-state index in [-0.39, 0.29) is 6.04 Å². The first-order chi connectivity index (χ1) is 8.21. The summed E-state index contributed by atoms with van der Waals surface area (Å²) in [4.78, 5) is 10.5. The Morgan fingerprint density at radius 2 is 2.06 bits per heavy atom. The molecule has 4 heteroatoms. The van der Waals surface area contributed by atoms with Gasteiger partial charge in [0.2, 0.25) is 0 Å². The number of nitrogens with zero attached hydrogens (tertiary/aromatic N) is 3. The van der Waals surface area contributed by atoms with Crippen molar-refractivity contribution in [2.24, 2.45) is 10.3 Å². The maximum Gasteiger partial charge on any atom is 0.150 e. The van der Waals surface area contributed by atoms with Gasteiger partial charge < -0.3 is 0 Å². The molecule has 0 fully saturated rings. The first kappa shape index (κ1) is 13.1. The molecule has 0 aromatic heterocycles. The predicted molar refractivity (Wildman–Crippen MR) is 69.1 cm³/mol. The van der Waals surface area contributed by atoms with E-state index in [1.807, 2.05) is 6.92 Å². The number of rotatable bonds is 6. The average molecular weight is 231 g/mol. The lowest BCUT2D eigenvalue weighted by atomic mass is 10.2. The second-order valence-corrected chi connectivity index (χ2v) is 3.70. The smallest absolute Gasteiger partial charge is 0.150 e. The van der Waals surface area contributed by atoms with Crippen LogP contribution in [0.15, 0.2) is 47.4 Å². The van der Waals surface area contributed by atoms with Crippen molar-refractivity contribution in [3.63, 3.8) is 0 Å². The van der Waals surface area contributed by atoms with Crippen LogP contribution in [0.1, 0.15) is 30.6 Å². The van der Waals surface area contributed by atoms with Gasteiger partial charge in [-0.1, -0.05) is 18.7 Å². The van der Waals surface area contributed by atoms with Gasteiger partial charge in [-0.2, -0.15) is 5.11 Å². The summed E-state index contributed by atoms with van der Waals surface area (Å²) in [5.41, 5.74) is 1.47. The van der Waals surface area contributed by atoms with Crippen LogP contribution in [-0.2, 0) is 0 Å². The SMILES string of the molecule is C=CN(N=NC(C)CC)c1ccc(C=O)cc1. The summed E-state index contributed by atoms with van der Waals surface area (Å²) >= 11 is 0. The highest BCUT2D eigenvalue weighted by molar-refractivity contribution is 5.75. The zero-order chi connectivity index (χ0) is 12.7. The average Bonchev–Trinajstić information content (AvgIpc) is 2.39. The monoisotopic (exact) mass is 231 g/mol. The molecule has 0 aliphatic rings. The van der Waals surface area contributed by atoms with Crippen molar-refractivity contribution in [1.82, 2.24) is 0 Å². The minimum atomic E-state index is 0.187. The maximum absolute atomic E-state index is 10.5. The molecule has 1 aromatic carbocycles. The summed E-state index contributed by atoms with van der Waals surface area (Å²) in [6, 6.07) is 7.27. The van der Waals surface area contributed by atoms with Crippen molar-refractivity contribution in [1.29, 1.82) is 0 Å². The minimum Gasteiger partial charge on any atom is -0.298 e. The highest BCUT2D eigenvalue weighted by Crippen LogP contribution is 2.16. The van der Waals surface area contributed by atoms with E-state index in [4.69, 9.17) is 0 Å². The van der Waals surface area contributed by atoms with Gasteiger partial charge in [-0.15, -0.1) is 0 Å². The van der Waals surface area contributed by atoms with E-state index >= 15 is 0 Å². The number of aldehydes is 1. The fourth-order valence-corrected chi connectivity index (χ4v) is 1.12. The highest BCUT2D eigenvalue weighted by Gasteiger charge is 2.01. The van der Waals surface area contributed by atoms with Crippen molar-refractivity contribution >= 4 is 12.0 Å². The molecule has 4 nitrogen and oxygen atoms in total. The molecule has 1 rings (SSSR count). The molecule has 0 bridgehead atoms. The predicted octanol–water partition coefficient (Wildman–Crippen LogP) is 3.61. The van der Waals surface area contributed by atoms with Crippen LogP contribution >= 0.6 is 0 Å². The maximum atomic E-state index is 10.5. The molecule has 0 saturated heterocycles. The Balaban J connectivity index is 2.82. The summed E-state index contributed by atoms with van der Waals surface area (Å²) in [6.45, 7) is 7.74. The molecular weight excluding hydrogens is 214 g/mol. The Kier molecular flexibility index (Phi) is 5.07. The first-order valence-electron chi connectivity index (χ1n) is 5.59. The van der Waals surface area contributed by atoms with Crippen LogP contribution < -0.4 is 5.01 Å². The summed E-state index contributed by atoms with van der Waals surface area (Å²) < 4.78 is 0. The van der Waals surface area contributed by atoms with E-state index in [1.165, 1.54) is 0 Å². The van der Waals surface area contributed by atoms with Crippen LogP contribution in [0.25, 0.3) is 0 Å². The lowest BCUT2D eigenvalue weighted by Gasteiger charge is -2.13. The number of hydrogen-bond donors (Lipinski definition) is 0. The zero-order valence-corrected chi connectivity index (χ0v) is 10.2. The lowest BCUT2D eigenvalue weighted by molar-refractivity contribution is 0.112. The molecule has 0 N–H and O–H groups in total. The molecule has 17 heavy (non-hydrogen) atoms. The van der Waals surface area contributed by atoms with Gasteiger partial charge in [0.15, 0.2) is 0 Å². The third-order valence-electron chi connectivity index (χ3n) is 2.40. The summed E-state index contributed by atoms with van der Waals surface area (Å²) in [7, 11) is 0. The van der Waals surface area contributed by atoms with Crippen molar-refractivity contribution < 1.29 is 4.79 Å². The highest BCUT2D eigenvalue weighted by atomic mass is 16.1. The topological polar surface area (TPSA) is 45.0 Å². The number of benzene rings is 1. The zero-order valence-electron chi connectivity index (χ0n) is 10.2. The van der Waals surface area contributed by atoms with Gasteiger partial charge in [-0.05, 0) is 37.6 Å². The van der Waals surface area contributed by atoms with Crippen molar-refractivity contribution in [3.8, 4) is 0 Å². The number of carbonyl (C=O) groups excluding carboxylic acids is 1. The second-order valence-electron chi connectivity index (χ2n) is 3.70. The van der Waals surface area contributed by atoms with Crippen molar-refractivity contribution in [3.05, 3.63) is 42.6 Å². The second kappa shape index (κ2) is 6.58. The standard InChI is InChI=1S/C13H17N3O/c1-4-11(3)14-15-16(5-2)13-8-6-12(10-17)7-9-13/h5-11H,2,4H2,1,3H3. The van der Waals surface area contributed by atoms with Crippen molar-refractivity contribution in [2.75, 3.05) is 5.01 Å². The normalized spacial score (nSPS) is 12.4. The molecule has 0 heterocycles. The van der Waals surface area contributed by atoms with Gasteiger partial charge in [0.05, 0.1) is 11.7 Å². The minimum absolute atomic E-state index is 0.187. The van der Waals surface area contributed by atoms with Crippen LogP contribution in [0, 0.1) is 0 Å². The van der Waals surface area contributed by atoms with Crippen LogP contribution in [0.4, 0.5) is 5.69 Å². The number of carbonyl (C=O) groups is 1. The molecule has 1 aromatic rings. The Bertz CT molecular complexity index is 398. The summed E-state index contributed by atoms with van der Waals surface area (Å²) in [5.74, 6) is 0. The van der Waals surface area contributed by atoms with Crippen LogP contribution in [0.2, 0.25) is 0 Å². The van der Waals surface area contributed by atoms with Crippen molar-refractivity contribution in [2.45, 2.75) is 26.3 Å². The third kappa shape index (κ3) is 3.83. The van der Waals surface area contributed by atoms with Gasteiger partial charge in [0, 0.05) is 11.8 Å². The van der Waals surface area contributed by atoms with Crippen LogP contribution in [0.3, 0.4) is 0 Å². The Hall–Kier alpha value is -1.97. The summed E-state index contributed by atoms with van der Waals surface area (Å²) in [6.07, 6.45) is 3.34.